The highest BCUT2D eigenvalue weighted by molar-refractivity contribution is 6.32. The predicted molar refractivity (Wildman–Crippen MR) is 66.1 cm³/mol. The van der Waals surface area contributed by atoms with Crippen molar-refractivity contribution in [1.29, 1.82) is 0 Å². The number of hydrogen-bond acceptors (Lipinski definition) is 5. The highest BCUT2D eigenvalue weighted by atomic mass is 35.5. The minimum atomic E-state index is 0.127. The van der Waals surface area contributed by atoms with Crippen LogP contribution in [0.4, 0.5) is 11.6 Å². The van der Waals surface area contributed by atoms with E-state index in [0.717, 1.165) is 5.69 Å². The number of methoxy groups -OCH3 is 1. The van der Waals surface area contributed by atoms with Crippen molar-refractivity contribution in [2.75, 3.05) is 12.4 Å². The third-order valence-corrected chi connectivity index (χ3v) is 2.43. The predicted octanol–water partition coefficient (Wildman–Crippen LogP) is 2.93. The fourth-order valence-corrected chi connectivity index (χ4v) is 1.59. The van der Waals surface area contributed by atoms with E-state index in [-0.39, 0.29) is 5.28 Å². The zero-order chi connectivity index (χ0) is 12.3. The summed E-state index contributed by atoms with van der Waals surface area (Å²) in [5.74, 6) is 0.956. The Hall–Kier alpha value is -1.59. The van der Waals surface area contributed by atoms with Gasteiger partial charge in [-0.15, -0.1) is 0 Å². The summed E-state index contributed by atoms with van der Waals surface area (Å²) in [6.07, 6.45) is 1.32. The Morgan fingerprint density at radius 3 is 2.71 bits per heavy atom. The zero-order valence-corrected chi connectivity index (χ0v) is 10.3. The Morgan fingerprint density at radius 1 is 1.24 bits per heavy atom. The molecule has 1 aromatic heterocycles. The molecule has 0 aliphatic heterocycles. The Balaban J connectivity index is 2.22. The van der Waals surface area contributed by atoms with Gasteiger partial charge in [0, 0.05) is 5.69 Å². The van der Waals surface area contributed by atoms with Crippen molar-refractivity contribution in [3.05, 3.63) is 34.8 Å². The van der Waals surface area contributed by atoms with Crippen molar-refractivity contribution >= 4 is 34.8 Å². The number of hydrogen-bond donors (Lipinski definition) is 1. The molecule has 2 aromatic rings. The third kappa shape index (κ3) is 2.95. The van der Waals surface area contributed by atoms with Gasteiger partial charge >= 0.3 is 0 Å². The molecule has 88 valence electrons. The van der Waals surface area contributed by atoms with E-state index in [4.69, 9.17) is 27.9 Å². The molecular formula is C10H8Cl2N4O. The van der Waals surface area contributed by atoms with E-state index in [9.17, 15) is 0 Å². The summed E-state index contributed by atoms with van der Waals surface area (Å²) in [6, 6.07) is 5.24. The van der Waals surface area contributed by atoms with Crippen LogP contribution in [0.1, 0.15) is 0 Å². The molecule has 0 atom stereocenters. The van der Waals surface area contributed by atoms with Crippen molar-refractivity contribution in [2.45, 2.75) is 0 Å². The fraction of sp³-hybridized carbons (Fsp3) is 0.100. The van der Waals surface area contributed by atoms with E-state index in [1.54, 1.807) is 25.3 Å². The lowest BCUT2D eigenvalue weighted by atomic mass is 10.3. The molecule has 0 unspecified atom stereocenters. The molecule has 0 radical (unpaired) electrons. The van der Waals surface area contributed by atoms with Crippen molar-refractivity contribution in [3.63, 3.8) is 0 Å². The second-order valence-electron chi connectivity index (χ2n) is 3.05. The van der Waals surface area contributed by atoms with Crippen molar-refractivity contribution in [2.24, 2.45) is 0 Å². The maximum absolute atomic E-state index is 5.98. The average molecular weight is 271 g/mol. The summed E-state index contributed by atoms with van der Waals surface area (Å²) in [6.45, 7) is 0. The fourth-order valence-electron chi connectivity index (χ4n) is 1.21. The molecule has 0 fully saturated rings. The molecule has 1 aromatic carbocycles. The van der Waals surface area contributed by atoms with Gasteiger partial charge in [0.15, 0.2) is 0 Å². The first-order chi connectivity index (χ1) is 8.19. The largest absolute Gasteiger partial charge is 0.495 e. The average Bonchev–Trinajstić information content (AvgIpc) is 2.29. The monoisotopic (exact) mass is 270 g/mol. The quantitative estimate of drug-likeness (QED) is 0.929. The minimum absolute atomic E-state index is 0.127. The minimum Gasteiger partial charge on any atom is -0.495 e. The molecule has 1 heterocycles. The Labute approximate surface area is 108 Å². The second-order valence-corrected chi connectivity index (χ2v) is 3.80. The van der Waals surface area contributed by atoms with Gasteiger partial charge in [0.05, 0.1) is 12.1 Å². The van der Waals surface area contributed by atoms with Crippen LogP contribution >= 0.6 is 23.2 Å². The van der Waals surface area contributed by atoms with Gasteiger partial charge in [-0.25, -0.2) is 9.97 Å². The van der Waals surface area contributed by atoms with Crippen LogP contribution in [0, 0.1) is 0 Å². The molecule has 17 heavy (non-hydrogen) atoms. The maximum Gasteiger partial charge on any atom is 0.231 e. The van der Waals surface area contributed by atoms with Gasteiger partial charge in [0.1, 0.15) is 12.1 Å². The lowest BCUT2D eigenvalue weighted by Crippen LogP contribution is -1.98. The summed E-state index contributed by atoms with van der Waals surface area (Å²) >= 11 is 11.6. The number of halogens is 2. The molecule has 0 aliphatic carbocycles. The van der Waals surface area contributed by atoms with Crippen LogP contribution in [-0.4, -0.2) is 22.1 Å². The smallest absolute Gasteiger partial charge is 0.231 e. The number of rotatable bonds is 3. The van der Waals surface area contributed by atoms with E-state index in [0.29, 0.717) is 16.7 Å². The second kappa shape index (κ2) is 5.16. The molecule has 0 amide bonds. The summed E-state index contributed by atoms with van der Waals surface area (Å²) < 4.78 is 5.05. The first-order valence-electron chi connectivity index (χ1n) is 4.64. The van der Waals surface area contributed by atoms with Gasteiger partial charge in [0.25, 0.3) is 0 Å². The number of benzene rings is 1. The number of nitrogens with one attached hydrogen (secondary N) is 1. The SMILES string of the molecule is COc1ccc(Nc2ncnc(Cl)n2)cc1Cl. The van der Waals surface area contributed by atoms with Gasteiger partial charge in [-0.1, -0.05) is 11.6 Å². The number of anilines is 2. The Kier molecular flexibility index (Phi) is 3.61. The van der Waals surface area contributed by atoms with Crippen LogP contribution in [0.5, 0.6) is 5.75 Å². The standard InChI is InChI=1S/C10H8Cl2N4O/c1-17-8-3-2-6(4-7(8)11)15-10-14-5-13-9(12)16-10/h2-5H,1H3,(H,13,14,15,16). The molecule has 0 saturated heterocycles. The number of nitrogens with zero attached hydrogens (tertiary/aromatic N) is 3. The molecule has 0 aliphatic rings. The molecule has 1 N–H and O–H groups in total. The van der Waals surface area contributed by atoms with E-state index in [2.05, 4.69) is 20.3 Å². The Morgan fingerprint density at radius 2 is 2.06 bits per heavy atom. The molecule has 5 nitrogen and oxygen atoms in total. The summed E-state index contributed by atoms with van der Waals surface area (Å²) in [5.41, 5.74) is 0.734. The van der Waals surface area contributed by atoms with Gasteiger partial charge in [-0.3, -0.25) is 0 Å². The van der Waals surface area contributed by atoms with Crippen LogP contribution < -0.4 is 10.1 Å². The zero-order valence-electron chi connectivity index (χ0n) is 8.82. The van der Waals surface area contributed by atoms with Crippen LogP contribution in [-0.2, 0) is 0 Å². The molecule has 0 spiro atoms. The third-order valence-electron chi connectivity index (χ3n) is 1.95. The van der Waals surface area contributed by atoms with Crippen LogP contribution in [0.15, 0.2) is 24.5 Å². The van der Waals surface area contributed by atoms with E-state index < -0.39 is 0 Å². The highest BCUT2D eigenvalue weighted by Crippen LogP contribution is 2.28. The normalized spacial score (nSPS) is 10.1. The van der Waals surface area contributed by atoms with Crippen molar-refractivity contribution in [3.8, 4) is 5.75 Å². The lowest BCUT2D eigenvalue weighted by molar-refractivity contribution is 0.415. The summed E-state index contributed by atoms with van der Waals surface area (Å²) in [7, 11) is 1.56. The molecule has 0 bridgehead atoms. The summed E-state index contributed by atoms with van der Waals surface area (Å²) in [4.78, 5) is 11.5. The van der Waals surface area contributed by atoms with Crippen molar-refractivity contribution in [1.82, 2.24) is 15.0 Å². The molecular weight excluding hydrogens is 263 g/mol. The van der Waals surface area contributed by atoms with Gasteiger partial charge < -0.3 is 10.1 Å². The van der Waals surface area contributed by atoms with E-state index in [1.807, 2.05) is 0 Å². The number of aromatic nitrogens is 3. The van der Waals surface area contributed by atoms with Gasteiger partial charge in [0.2, 0.25) is 11.2 Å². The molecule has 7 heteroatoms. The highest BCUT2D eigenvalue weighted by Gasteiger charge is 2.03. The first kappa shape index (κ1) is 11.9. The van der Waals surface area contributed by atoms with Crippen LogP contribution in [0.25, 0.3) is 0 Å². The van der Waals surface area contributed by atoms with Crippen LogP contribution in [0.2, 0.25) is 10.3 Å². The summed E-state index contributed by atoms with van der Waals surface area (Å²) in [5, 5.41) is 3.57. The van der Waals surface area contributed by atoms with E-state index >= 15 is 0 Å². The maximum atomic E-state index is 5.98. The first-order valence-corrected chi connectivity index (χ1v) is 5.40. The Bertz CT molecular complexity index is 535. The number of ether oxygens (including phenoxy) is 1. The van der Waals surface area contributed by atoms with Crippen LogP contribution in [0.3, 0.4) is 0 Å². The van der Waals surface area contributed by atoms with Crippen molar-refractivity contribution < 1.29 is 4.74 Å². The van der Waals surface area contributed by atoms with E-state index in [1.165, 1.54) is 6.33 Å². The molecule has 0 saturated carbocycles. The van der Waals surface area contributed by atoms with Gasteiger partial charge in [-0.2, -0.15) is 4.98 Å². The molecule has 2 rings (SSSR count). The lowest BCUT2D eigenvalue weighted by Gasteiger charge is -2.07. The van der Waals surface area contributed by atoms with Gasteiger partial charge in [-0.05, 0) is 29.8 Å². The topological polar surface area (TPSA) is 59.9 Å².